The second-order valence-electron chi connectivity index (χ2n) is 5.11. The Kier molecular flexibility index (Phi) is 2.56. The van der Waals surface area contributed by atoms with E-state index in [1.165, 1.54) is 11.4 Å². The first-order valence-electron chi connectivity index (χ1n) is 5.00. The van der Waals surface area contributed by atoms with Crippen molar-refractivity contribution in [3.05, 3.63) is 23.5 Å². The van der Waals surface area contributed by atoms with Crippen molar-refractivity contribution < 1.29 is 0 Å². The van der Waals surface area contributed by atoms with Crippen LogP contribution >= 0.6 is 0 Å². The number of rotatable bonds is 1. The molecule has 1 heteroatoms. The average Bonchev–Trinajstić information content (AvgIpc) is 2.28. The summed E-state index contributed by atoms with van der Waals surface area (Å²) in [5, 5.41) is 0. The molecule has 0 aliphatic carbocycles. The molecule has 0 atom stereocenters. The van der Waals surface area contributed by atoms with Gasteiger partial charge in [0.1, 0.15) is 0 Å². The van der Waals surface area contributed by atoms with Gasteiger partial charge >= 0.3 is 0 Å². The van der Waals surface area contributed by atoms with E-state index >= 15 is 0 Å². The maximum absolute atomic E-state index is 2.32. The lowest BCUT2D eigenvalue weighted by Crippen LogP contribution is -2.17. The summed E-state index contributed by atoms with van der Waals surface area (Å²) in [7, 11) is 2.16. The first kappa shape index (κ1) is 10.4. The average molecular weight is 179 g/mol. The summed E-state index contributed by atoms with van der Waals surface area (Å²) >= 11 is 0. The molecule has 74 valence electrons. The van der Waals surface area contributed by atoms with E-state index in [0.717, 1.165) is 0 Å². The van der Waals surface area contributed by atoms with Crippen molar-refractivity contribution in [2.45, 2.75) is 46.0 Å². The fraction of sp³-hybridized carbons (Fsp3) is 0.667. The van der Waals surface area contributed by atoms with Crippen LogP contribution in [0.15, 0.2) is 12.1 Å². The molecule has 0 spiro atoms. The molecule has 0 amide bonds. The van der Waals surface area contributed by atoms with Gasteiger partial charge in [0, 0.05) is 23.9 Å². The molecular formula is C12H21N. The third-order valence-electron chi connectivity index (χ3n) is 2.52. The summed E-state index contributed by atoms with van der Waals surface area (Å²) < 4.78 is 2.32. The lowest BCUT2D eigenvalue weighted by molar-refractivity contribution is 0.533. The molecule has 0 bridgehead atoms. The highest BCUT2D eigenvalue weighted by atomic mass is 15.0. The summed E-state index contributed by atoms with van der Waals surface area (Å²) in [4.78, 5) is 0. The molecule has 0 unspecified atom stereocenters. The molecule has 0 radical (unpaired) electrons. The quantitative estimate of drug-likeness (QED) is 0.622. The van der Waals surface area contributed by atoms with Crippen molar-refractivity contribution in [3.63, 3.8) is 0 Å². The van der Waals surface area contributed by atoms with Crippen molar-refractivity contribution in [2.24, 2.45) is 7.05 Å². The van der Waals surface area contributed by atoms with Crippen molar-refractivity contribution in [3.8, 4) is 0 Å². The zero-order valence-corrected chi connectivity index (χ0v) is 9.68. The van der Waals surface area contributed by atoms with Gasteiger partial charge in [0.15, 0.2) is 0 Å². The normalized spacial score (nSPS) is 12.5. The van der Waals surface area contributed by atoms with Gasteiger partial charge in [0.2, 0.25) is 0 Å². The second kappa shape index (κ2) is 3.21. The fourth-order valence-electron chi connectivity index (χ4n) is 1.86. The van der Waals surface area contributed by atoms with Gasteiger partial charge in [-0.2, -0.15) is 0 Å². The van der Waals surface area contributed by atoms with Crippen LogP contribution in [0.25, 0.3) is 0 Å². The molecule has 0 aliphatic rings. The van der Waals surface area contributed by atoms with Gasteiger partial charge in [0.05, 0.1) is 0 Å². The molecule has 0 aliphatic heterocycles. The minimum absolute atomic E-state index is 0.252. The maximum Gasteiger partial charge on any atom is 0.0228 e. The SMILES string of the molecule is CC(C)c1ccc(C(C)(C)C)n1C. The molecular weight excluding hydrogens is 158 g/mol. The highest BCUT2D eigenvalue weighted by Crippen LogP contribution is 2.26. The molecule has 1 nitrogen and oxygen atoms in total. The van der Waals surface area contributed by atoms with E-state index in [1.54, 1.807) is 0 Å². The Morgan fingerprint density at radius 1 is 1.15 bits per heavy atom. The molecule has 1 heterocycles. The molecule has 0 aromatic carbocycles. The molecule has 0 fully saturated rings. The van der Waals surface area contributed by atoms with E-state index in [4.69, 9.17) is 0 Å². The third kappa shape index (κ3) is 1.96. The van der Waals surface area contributed by atoms with Crippen LogP contribution in [-0.2, 0) is 12.5 Å². The first-order valence-corrected chi connectivity index (χ1v) is 5.00. The number of hydrogen-bond donors (Lipinski definition) is 0. The number of hydrogen-bond acceptors (Lipinski definition) is 0. The maximum atomic E-state index is 2.32. The first-order chi connectivity index (χ1) is 5.84. The predicted octanol–water partition coefficient (Wildman–Crippen LogP) is 3.45. The largest absolute Gasteiger partial charge is 0.351 e. The van der Waals surface area contributed by atoms with Crippen LogP contribution in [0, 0.1) is 0 Å². The topological polar surface area (TPSA) is 4.93 Å². The monoisotopic (exact) mass is 179 g/mol. The summed E-state index contributed by atoms with van der Waals surface area (Å²) in [5.41, 5.74) is 3.09. The molecule has 0 N–H and O–H groups in total. The van der Waals surface area contributed by atoms with Crippen LogP contribution in [0.1, 0.15) is 51.9 Å². The molecule has 1 aromatic rings. The summed E-state index contributed by atoms with van der Waals surface area (Å²) in [6.07, 6.45) is 0. The van der Waals surface area contributed by atoms with Crippen LogP contribution in [-0.4, -0.2) is 4.57 Å². The molecule has 13 heavy (non-hydrogen) atoms. The summed E-state index contributed by atoms with van der Waals surface area (Å²) in [5.74, 6) is 0.612. The van der Waals surface area contributed by atoms with E-state index in [2.05, 4.69) is 58.4 Å². The smallest absolute Gasteiger partial charge is 0.0228 e. The van der Waals surface area contributed by atoms with Gasteiger partial charge in [-0.1, -0.05) is 34.6 Å². The second-order valence-corrected chi connectivity index (χ2v) is 5.11. The Bertz CT molecular complexity index is 287. The zero-order valence-electron chi connectivity index (χ0n) is 9.68. The van der Waals surface area contributed by atoms with E-state index in [1.807, 2.05) is 0 Å². The highest BCUT2D eigenvalue weighted by molar-refractivity contribution is 5.23. The molecule has 1 aromatic heterocycles. The Labute approximate surface area is 81.8 Å². The minimum atomic E-state index is 0.252. The standard InChI is InChI=1S/C12H21N/c1-9(2)10-7-8-11(13(10)6)12(3,4)5/h7-9H,1-6H3. The predicted molar refractivity (Wildman–Crippen MR) is 58.2 cm³/mol. The molecule has 0 saturated carbocycles. The molecule has 0 saturated heterocycles. The number of aromatic nitrogens is 1. The Morgan fingerprint density at radius 2 is 1.69 bits per heavy atom. The van der Waals surface area contributed by atoms with Gasteiger partial charge in [-0.05, 0) is 18.1 Å². The minimum Gasteiger partial charge on any atom is -0.351 e. The lowest BCUT2D eigenvalue weighted by Gasteiger charge is -2.21. The van der Waals surface area contributed by atoms with Gasteiger partial charge in [-0.15, -0.1) is 0 Å². The van der Waals surface area contributed by atoms with E-state index in [0.29, 0.717) is 5.92 Å². The Balaban J connectivity index is 3.14. The van der Waals surface area contributed by atoms with E-state index < -0.39 is 0 Å². The van der Waals surface area contributed by atoms with E-state index in [-0.39, 0.29) is 5.41 Å². The third-order valence-corrected chi connectivity index (χ3v) is 2.52. The van der Waals surface area contributed by atoms with Crippen LogP contribution in [0.3, 0.4) is 0 Å². The van der Waals surface area contributed by atoms with Crippen LogP contribution in [0.2, 0.25) is 0 Å². The van der Waals surface area contributed by atoms with Gasteiger partial charge in [0.25, 0.3) is 0 Å². The summed E-state index contributed by atoms with van der Waals surface area (Å²) in [6.45, 7) is 11.2. The van der Waals surface area contributed by atoms with Gasteiger partial charge < -0.3 is 4.57 Å². The van der Waals surface area contributed by atoms with Gasteiger partial charge in [-0.25, -0.2) is 0 Å². The van der Waals surface area contributed by atoms with Crippen LogP contribution in [0.5, 0.6) is 0 Å². The van der Waals surface area contributed by atoms with Crippen molar-refractivity contribution in [2.75, 3.05) is 0 Å². The Hall–Kier alpha value is -0.720. The van der Waals surface area contributed by atoms with Crippen LogP contribution < -0.4 is 0 Å². The highest BCUT2D eigenvalue weighted by Gasteiger charge is 2.19. The van der Waals surface area contributed by atoms with Crippen molar-refractivity contribution in [1.29, 1.82) is 0 Å². The van der Waals surface area contributed by atoms with Crippen LogP contribution in [0.4, 0.5) is 0 Å². The zero-order chi connectivity index (χ0) is 10.2. The lowest BCUT2D eigenvalue weighted by atomic mass is 9.92. The summed E-state index contributed by atoms with van der Waals surface area (Å²) in [6, 6.07) is 4.49. The fourth-order valence-corrected chi connectivity index (χ4v) is 1.86. The number of nitrogens with zero attached hydrogens (tertiary/aromatic N) is 1. The van der Waals surface area contributed by atoms with E-state index in [9.17, 15) is 0 Å². The van der Waals surface area contributed by atoms with Crippen molar-refractivity contribution >= 4 is 0 Å². The molecule has 1 rings (SSSR count). The van der Waals surface area contributed by atoms with Gasteiger partial charge in [-0.3, -0.25) is 0 Å². The van der Waals surface area contributed by atoms with Crippen molar-refractivity contribution in [1.82, 2.24) is 4.57 Å². The Morgan fingerprint density at radius 3 is 1.92 bits per heavy atom.